The summed E-state index contributed by atoms with van der Waals surface area (Å²) in [5.74, 6) is 0. The molecule has 54 valence electrons. The van der Waals surface area contributed by atoms with Crippen molar-refractivity contribution in [1.29, 1.82) is 0 Å². The van der Waals surface area contributed by atoms with Crippen molar-refractivity contribution >= 4 is 0 Å². The number of allylic oxidation sites excluding steroid dienone is 7. The molecule has 0 heterocycles. The van der Waals surface area contributed by atoms with Crippen LogP contribution in [0.3, 0.4) is 0 Å². The molecule has 10 heavy (non-hydrogen) atoms. The van der Waals surface area contributed by atoms with E-state index >= 15 is 0 Å². The minimum Gasteiger partial charge on any atom is -0.0918 e. The Labute approximate surface area is 63.3 Å². The van der Waals surface area contributed by atoms with E-state index in [4.69, 9.17) is 0 Å². The van der Waals surface area contributed by atoms with E-state index in [2.05, 4.69) is 6.58 Å². The minimum atomic E-state index is 1.03. The fourth-order valence-corrected chi connectivity index (χ4v) is 0.560. The highest BCUT2D eigenvalue weighted by Gasteiger charge is 1.73. The smallest absolute Gasteiger partial charge is 0.0332 e. The molecular weight excluding hydrogens is 120 g/mol. The molecule has 0 aliphatic carbocycles. The van der Waals surface area contributed by atoms with Gasteiger partial charge in [-0.2, -0.15) is 0 Å². The Bertz CT molecular complexity index is 168. The lowest BCUT2D eigenvalue weighted by molar-refractivity contribution is 1.65. The van der Waals surface area contributed by atoms with Crippen LogP contribution in [0.2, 0.25) is 0 Å². The van der Waals surface area contributed by atoms with Gasteiger partial charge in [0.25, 0.3) is 0 Å². The monoisotopic (exact) mass is 134 g/mol. The van der Waals surface area contributed by atoms with Gasteiger partial charge in [0.05, 0.1) is 0 Å². The van der Waals surface area contributed by atoms with Crippen LogP contribution in [0.15, 0.2) is 48.6 Å². The summed E-state index contributed by atoms with van der Waals surface area (Å²) in [6.45, 7) is 7.78. The molecule has 0 fully saturated rings. The molecule has 0 aromatic carbocycles. The zero-order valence-electron chi connectivity index (χ0n) is 6.67. The number of rotatable bonds is 3. The van der Waals surface area contributed by atoms with E-state index in [1.54, 1.807) is 0 Å². The van der Waals surface area contributed by atoms with Crippen LogP contribution >= 0.6 is 0 Å². The first-order valence-corrected chi connectivity index (χ1v) is 3.42. The maximum absolute atomic E-state index is 3.81. The summed E-state index contributed by atoms with van der Waals surface area (Å²) in [6, 6.07) is 0. The Hall–Kier alpha value is -1.04. The molecule has 0 nitrogen and oxygen atoms in total. The van der Waals surface area contributed by atoms with Gasteiger partial charge >= 0.3 is 0 Å². The molecule has 0 bridgehead atoms. The fourth-order valence-electron chi connectivity index (χ4n) is 0.560. The Morgan fingerprint density at radius 2 is 1.70 bits per heavy atom. The highest BCUT2D eigenvalue weighted by molar-refractivity contribution is 5.28. The van der Waals surface area contributed by atoms with Gasteiger partial charge in [-0.05, 0) is 19.4 Å². The second-order valence-electron chi connectivity index (χ2n) is 1.96. The molecule has 0 saturated carbocycles. The molecule has 0 atom stereocenters. The van der Waals surface area contributed by atoms with Crippen molar-refractivity contribution in [3.05, 3.63) is 48.6 Å². The summed E-state index contributed by atoms with van der Waals surface area (Å²) >= 11 is 0. The molecule has 0 unspecified atom stereocenters. The van der Waals surface area contributed by atoms with E-state index in [0.29, 0.717) is 0 Å². The SMILES string of the molecule is C=C(/C=C\C=C/C)/C=C/C. The maximum Gasteiger partial charge on any atom is -0.0332 e. The van der Waals surface area contributed by atoms with Crippen LogP contribution in [0.25, 0.3) is 0 Å². The van der Waals surface area contributed by atoms with E-state index in [0.717, 1.165) is 5.57 Å². The molecule has 0 aromatic heterocycles. The first-order chi connectivity index (χ1) is 4.81. The van der Waals surface area contributed by atoms with Crippen molar-refractivity contribution in [2.45, 2.75) is 13.8 Å². The Kier molecular flexibility index (Phi) is 5.45. The van der Waals surface area contributed by atoms with Gasteiger partial charge in [-0.25, -0.2) is 0 Å². The highest BCUT2D eigenvalue weighted by Crippen LogP contribution is 1.94. The summed E-state index contributed by atoms with van der Waals surface area (Å²) in [7, 11) is 0. The Morgan fingerprint density at radius 1 is 1.00 bits per heavy atom. The lowest BCUT2D eigenvalue weighted by Crippen LogP contribution is -1.62. The molecule has 0 aliphatic heterocycles. The zero-order valence-corrected chi connectivity index (χ0v) is 6.67. The summed E-state index contributed by atoms with van der Waals surface area (Å²) in [6.07, 6.45) is 11.9. The van der Waals surface area contributed by atoms with Gasteiger partial charge < -0.3 is 0 Å². The van der Waals surface area contributed by atoms with Gasteiger partial charge in [-0.1, -0.05) is 43.0 Å². The molecule has 0 aromatic rings. The lowest BCUT2D eigenvalue weighted by atomic mass is 10.2. The molecule has 0 aliphatic rings. The van der Waals surface area contributed by atoms with Crippen molar-refractivity contribution in [1.82, 2.24) is 0 Å². The number of hydrogen-bond acceptors (Lipinski definition) is 0. The van der Waals surface area contributed by atoms with Gasteiger partial charge in [0.1, 0.15) is 0 Å². The number of hydrogen-bond donors (Lipinski definition) is 0. The van der Waals surface area contributed by atoms with E-state index in [1.165, 1.54) is 0 Å². The third-order valence-electron chi connectivity index (χ3n) is 0.995. The van der Waals surface area contributed by atoms with Crippen LogP contribution in [0.4, 0.5) is 0 Å². The van der Waals surface area contributed by atoms with Gasteiger partial charge in [-0.3, -0.25) is 0 Å². The normalized spacial score (nSPS) is 12.2. The predicted molar refractivity (Wildman–Crippen MR) is 47.9 cm³/mol. The van der Waals surface area contributed by atoms with Crippen LogP contribution in [-0.4, -0.2) is 0 Å². The van der Waals surface area contributed by atoms with Gasteiger partial charge in [0, 0.05) is 0 Å². The van der Waals surface area contributed by atoms with Crippen LogP contribution in [0.1, 0.15) is 13.8 Å². The topological polar surface area (TPSA) is 0 Å². The van der Waals surface area contributed by atoms with Crippen molar-refractivity contribution in [3.63, 3.8) is 0 Å². The standard InChI is InChI=1S/C10H14/c1-4-6-7-9-10(3)8-5-2/h4-9H,3H2,1-2H3/b6-4-,8-5+,9-7-. The largest absolute Gasteiger partial charge is 0.0918 e. The molecule has 0 amide bonds. The molecule has 0 spiro atoms. The third-order valence-corrected chi connectivity index (χ3v) is 0.995. The van der Waals surface area contributed by atoms with Gasteiger partial charge in [-0.15, -0.1) is 0 Å². The van der Waals surface area contributed by atoms with Crippen LogP contribution in [-0.2, 0) is 0 Å². The Balaban J connectivity index is 3.78. The molecule has 0 rings (SSSR count). The van der Waals surface area contributed by atoms with Gasteiger partial charge in [0.15, 0.2) is 0 Å². The Morgan fingerprint density at radius 3 is 2.20 bits per heavy atom. The van der Waals surface area contributed by atoms with Crippen LogP contribution in [0, 0.1) is 0 Å². The minimum absolute atomic E-state index is 1.03. The zero-order chi connectivity index (χ0) is 7.82. The van der Waals surface area contributed by atoms with E-state index < -0.39 is 0 Å². The van der Waals surface area contributed by atoms with E-state index in [-0.39, 0.29) is 0 Å². The summed E-state index contributed by atoms with van der Waals surface area (Å²) in [5, 5.41) is 0. The third kappa shape index (κ3) is 5.10. The summed E-state index contributed by atoms with van der Waals surface area (Å²) in [5.41, 5.74) is 1.03. The molecule has 0 radical (unpaired) electrons. The second kappa shape index (κ2) is 6.09. The quantitative estimate of drug-likeness (QED) is 0.520. The van der Waals surface area contributed by atoms with Gasteiger partial charge in [0.2, 0.25) is 0 Å². The summed E-state index contributed by atoms with van der Waals surface area (Å²) in [4.78, 5) is 0. The molecular formula is C10H14. The van der Waals surface area contributed by atoms with Crippen molar-refractivity contribution in [3.8, 4) is 0 Å². The van der Waals surface area contributed by atoms with E-state index in [9.17, 15) is 0 Å². The molecule has 0 N–H and O–H groups in total. The van der Waals surface area contributed by atoms with Crippen molar-refractivity contribution in [2.75, 3.05) is 0 Å². The first kappa shape index (κ1) is 8.96. The summed E-state index contributed by atoms with van der Waals surface area (Å²) < 4.78 is 0. The maximum atomic E-state index is 3.81. The van der Waals surface area contributed by atoms with Crippen LogP contribution in [0.5, 0.6) is 0 Å². The molecule has 0 saturated heterocycles. The van der Waals surface area contributed by atoms with Crippen molar-refractivity contribution < 1.29 is 0 Å². The average Bonchev–Trinajstić information content (AvgIpc) is 1.89. The predicted octanol–water partition coefficient (Wildman–Crippen LogP) is 3.25. The second-order valence-corrected chi connectivity index (χ2v) is 1.96. The first-order valence-electron chi connectivity index (χ1n) is 3.42. The van der Waals surface area contributed by atoms with Crippen molar-refractivity contribution in [2.24, 2.45) is 0 Å². The molecule has 0 heteroatoms. The highest BCUT2D eigenvalue weighted by atomic mass is 13.8. The average molecular weight is 134 g/mol. The van der Waals surface area contributed by atoms with E-state index in [1.807, 2.05) is 50.3 Å². The lowest BCUT2D eigenvalue weighted by Gasteiger charge is -1.83. The fraction of sp³-hybridized carbons (Fsp3) is 0.200. The van der Waals surface area contributed by atoms with Crippen LogP contribution < -0.4 is 0 Å².